The third-order valence-corrected chi connectivity index (χ3v) is 12.7. The summed E-state index contributed by atoms with van der Waals surface area (Å²) in [5, 5.41) is 33.6. The molecule has 2 aromatic carbocycles. The lowest BCUT2D eigenvalue weighted by Crippen LogP contribution is -2.39. The van der Waals surface area contributed by atoms with E-state index in [1.807, 2.05) is 0 Å². The maximum absolute atomic E-state index is 14.7. The first-order chi connectivity index (χ1) is 27.5. The highest BCUT2D eigenvalue weighted by Crippen LogP contribution is 2.64. The molecule has 7 rings (SSSR count). The number of phenolic OH excluding ortho intramolecular Hbond substituents is 1. The number of aliphatic hydroxyl groups is 2. The Labute approximate surface area is 324 Å². The first kappa shape index (κ1) is 40.1. The van der Waals surface area contributed by atoms with Gasteiger partial charge in [-0.1, -0.05) is 12.1 Å². The molecular formula is C34H34N7O14PS. The lowest BCUT2D eigenvalue weighted by Gasteiger charge is -2.28. The molecule has 2 aliphatic heterocycles. The number of hydrogen-bond donors (Lipinski definition) is 4. The van der Waals surface area contributed by atoms with E-state index in [9.17, 15) is 39.2 Å². The number of benzene rings is 2. The number of aromatic hydroxyl groups is 1. The fraction of sp³-hybridized carbons (Fsp3) is 0.353. The smallest absolute Gasteiger partial charge is 0.389 e. The summed E-state index contributed by atoms with van der Waals surface area (Å²) in [4.78, 5) is 62.4. The van der Waals surface area contributed by atoms with E-state index >= 15 is 0 Å². The number of nitrogens with one attached hydrogen (secondary N) is 1. The Hall–Kier alpha value is -5.16. The number of rotatable bonds is 15. The Kier molecular flexibility index (Phi) is 12.0. The Morgan fingerprint density at radius 2 is 1.81 bits per heavy atom. The summed E-state index contributed by atoms with van der Waals surface area (Å²) in [5.74, 6) is -0.583. The van der Waals surface area contributed by atoms with E-state index in [-0.39, 0.29) is 46.2 Å². The Bertz CT molecular complexity index is 2390. The summed E-state index contributed by atoms with van der Waals surface area (Å²) < 4.78 is 52.5. The molecule has 2 saturated heterocycles. The monoisotopic (exact) mass is 827 g/mol. The van der Waals surface area contributed by atoms with E-state index in [2.05, 4.69) is 25.1 Å². The largest absolute Gasteiger partial charge is 0.508 e. The van der Waals surface area contributed by atoms with Crippen molar-refractivity contribution in [1.82, 2.24) is 29.1 Å². The molecule has 0 amide bonds. The van der Waals surface area contributed by atoms with Crippen LogP contribution >= 0.6 is 18.2 Å². The van der Waals surface area contributed by atoms with Gasteiger partial charge in [0.15, 0.2) is 17.4 Å². The third kappa shape index (κ3) is 8.73. The van der Waals surface area contributed by atoms with Gasteiger partial charge in [-0.15, -0.1) is 4.91 Å². The highest BCUT2D eigenvalue weighted by molar-refractivity contribution is 8.54. The lowest BCUT2D eigenvalue weighted by atomic mass is 10.1. The normalized spacial score (nSPS) is 24.4. The van der Waals surface area contributed by atoms with Gasteiger partial charge in [0.05, 0.1) is 31.2 Å². The molecule has 21 nitrogen and oxygen atoms in total. The summed E-state index contributed by atoms with van der Waals surface area (Å²) in [5.41, 5.74) is -0.271. The second kappa shape index (κ2) is 17.1. The van der Waals surface area contributed by atoms with Gasteiger partial charge in [0.25, 0.3) is 5.56 Å². The quantitative estimate of drug-likeness (QED) is 0.0511. The van der Waals surface area contributed by atoms with Crippen molar-refractivity contribution in [3.8, 4) is 11.5 Å². The number of imidazole rings is 1. The van der Waals surface area contributed by atoms with Crippen LogP contribution in [-0.4, -0.2) is 101 Å². The average molecular weight is 828 g/mol. The van der Waals surface area contributed by atoms with Gasteiger partial charge < -0.3 is 34.3 Å². The van der Waals surface area contributed by atoms with Gasteiger partial charge in [-0.05, 0) is 58.5 Å². The number of esters is 1. The predicted molar refractivity (Wildman–Crippen MR) is 198 cm³/mol. The van der Waals surface area contributed by atoms with Gasteiger partial charge in [-0.25, -0.2) is 29.1 Å². The lowest BCUT2D eigenvalue weighted by molar-refractivity contribution is -0.0625. The highest BCUT2D eigenvalue weighted by atomic mass is 32.7. The van der Waals surface area contributed by atoms with E-state index in [1.165, 1.54) is 60.6 Å². The second-order valence-corrected chi connectivity index (χ2v) is 16.7. The SMILES string of the molecule is COC1C(OP(=O)(OC[C@H]2O[C@@H](n3cnc4c(N=O)ncnc43)CC2O)SCc2ccc(OC(=O)c3ccc(O)cc3)cc2)[C@@H](CO)O[C@H]1n1ccc(=O)[nH]c1=O. The molecule has 0 radical (unpaired) electrons. The number of aromatic amines is 1. The van der Waals surface area contributed by atoms with E-state index in [0.717, 1.165) is 28.3 Å². The number of carbonyl (C=O) groups excluding carboxylic acids is 1. The molecule has 300 valence electrons. The molecule has 2 aliphatic rings. The van der Waals surface area contributed by atoms with Crippen LogP contribution in [0.3, 0.4) is 0 Å². The van der Waals surface area contributed by atoms with Gasteiger partial charge in [0, 0.05) is 31.5 Å². The highest BCUT2D eigenvalue weighted by Gasteiger charge is 2.51. The van der Waals surface area contributed by atoms with Crippen molar-refractivity contribution in [2.75, 3.05) is 20.3 Å². The Balaban J connectivity index is 1.09. The molecule has 8 atom stereocenters. The minimum atomic E-state index is -4.34. The number of aromatic nitrogens is 6. The van der Waals surface area contributed by atoms with Crippen LogP contribution in [0.15, 0.2) is 88.2 Å². The second-order valence-electron chi connectivity index (χ2n) is 12.7. The van der Waals surface area contributed by atoms with Gasteiger partial charge in [0.1, 0.15) is 48.5 Å². The number of H-pyrrole nitrogens is 1. The van der Waals surface area contributed by atoms with Crippen LogP contribution in [0.2, 0.25) is 0 Å². The molecule has 5 heterocycles. The standard InChI is InChI=1S/C34H34N7O14PS/c1-50-29-28(23(13-42)54-32(29)40-11-10-25(45)38-34(40)47)55-56(49,57-15-18-2-8-21(9-3-18)52-33(46)19-4-6-20(43)7-5-19)51-14-24-22(44)12-26(53-24)41-17-37-27-30(39-48)35-16-36-31(27)41/h2-11,16-17,22-24,26,28-29,32,42-44H,12-15H2,1H3,(H,38,45,47)/t22?,23-,24-,26-,28?,29?,32-,56?/m1/s1. The molecule has 0 bridgehead atoms. The Morgan fingerprint density at radius 1 is 1.04 bits per heavy atom. The van der Waals surface area contributed by atoms with Crippen LogP contribution in [0.4, 0.5) is 5.82 Å². The number of phenols is 1. The van der Waals surface area contributed by atoms with Crippen LogP contribution in [0, 0.1) is 4.91 Å². The molecule has 0 aliphatic carbocycles. The molecule has 4 N–H and O–H groups in total. The average Bonchev–Trinajstić information content (AvgIpc) is 3.91. The predicted octanol–water partition coefficient (Wildman–Crippen LogP) is 2.70. The summed E-state index contributed by atoms with van der Waals surface area (Å²) in [6, 6.07) is 13.0. The van der Waals surface area contributed by atoms with Crippen molar-refractivity contribution in [2.45, 2.75) is 55.1 Å². The van der Waals surface area contributed by atoms with Crippen LogP contribution in [0.5, 0.6) is 11.5 Å². The van der Waals surface area contributed by atoms with Crippen molar-refractivity contribution in [2.24, 2.45) is 5.18 Å². The van der Waals surface area contributed by atoms with E-state index in [4.69, 9.17) is 28.0 Å². The van der Waals surface area contributed by atoms with Crippen molar-refractivity contribution in [3.05, 3.63) is 110 Å². The first-order valence-electron chi connectivity index (χ1n) is 17.1. The van der Waals surface area contributed by atoms with Crippen molar-refractivity contribution in [3.63, 3.8) is 0 Å². The van der Waals surface area contributed by atoms with Gasteiger partial charge >= 0.3 is 18.5 Å². The van der Waals surface area contributed by atoms with Crippen molar-refractivity contribution < 1.29 is 52.7 Å². The molecule has 2 fully saturated rings. The van der Waals surface area contributed by atoms with E-state index in [1.54, 1.807) is 12.1 Å². The maximum atomic E-state index is 14.7. The summed E-state index contributed by atoms with van der Waals surface area (Å²) in [7, 11) is 1.30. The number of aliphatic hydroxyl groups excluding tert-OH is 2. The molecule has 23 heteroatoms. The molecule has 5 aromatic rings. The number of nitroso groups, excluding NO2 is 1. The van der Waals surface area contributed by atoms with Crippen molar-refractivity contribution >= 4 is 41.1 Å². The maximum Gasteiger partial charge on any atom is 0.389 e. The number of nitrogens with zero attached hydrogens (tertiary/aromatic N) is 6. The molecule has 4 unspecified atom stereocenters. The zero-order chi connectivity index (χ0) is 40.3. The number of fused-ring (bicyclic) bond motifs is 1. The minimum Gasteiger partial charge on any atom is -0.508 e. The molecule has 0 spiro atoms. The number of carbonyl (C=O) groups is 1. The fourth-order valence-electron chi connectivity index (χ4n) is 6.22. The third-order valence-electron chi connectivity index (χ3n) is 9.08. The van der Waals surface area contributed by atoms with Gasteiger partial charge in [-0.3, -0.25) is 28.0 Å². The molecule has 57 heavy (non-hydrogen) atoms. The number of methoxy groups -OCH3 is 1. The Morgan fingerprint density at radius 3 is 2.51 bits per heavy atom. The fourth-order valence-corrected chi connectivity index (χ4v) is 9.61. The van der Waals surface area contributed by atoms with Gasteiger partial charge in [-0.2, -0.15) is 0 Å². The van der Waals surface area contributed by atoms with Gasteiger partial charge in [0.2, 0.25) is 5.82 Å². The number of hydrogen-bond acceptors (Lipinski definition) is 19. The molecule has 0 saturated carbocycles. The first-order valence-corrected chi connectivity index (χ1v) is 20.2. The van der Waals surface area contributed by atoms with Crippen molar-refractivity contribution in [1.29, 1.82) is 0 Å². The summed E-state index contributed by atoms with van der Waals surface area (Å²) in [6.07, 6.45) is -4.10. The zero-order valence-electron chi connectivity index (χ0n) is 29.7. The van der Waals surface area contributed by atoms with Crippen LogP contribution in [0.1, 0.15) is 34.8 Å². The zero-order valence-corrected chi connectivity index (χ0v) is 31.4. The van der Waals surface area contributed by atoms with E-state index in [0.29, 0.717) is 5.56 Å². The molecule has 3 aromatic heterocycles. The minimum absolute atomic E-state index is 0.00400. The van der Waals surface area contributed by atoms with E-state index < -0.39 is 80.2 Å². The topological polar surface area (TPSA) is 278 Å². The molecular weight excluding hydrogens is 793 g/mol. The number of ether oxygens (including phenoxy) is 4. The summed E-state index contributed by atoms with van der Waals surface area (Å²) in [6.45, 7) is -5.44. The summed E-state index contributed by atoms with van der Waals surface area (Å²) >= 11 is 0.760. The van der Waals surface area contributed by atoms with Crippen LogP contribution in [0.25, 0.3) is 11.2 Å². The van der Waals surface area contributed by atoms with Crippen LogP contribution < -0.4 is 16.0 Å². The van der Waals surface area contributed by atoms with Crippen LogP contribution in [-0.2, 0) is 33.6 Å².